The van der Waals surface area contributed by atoms with Crippen LogP contribution in [0.5, 0.6) is 0 Å². The minimum absolute atomic E-state index is 0.0548. The summed E-state index contributed by atoms with van der Waals surface area (Å²) in [6.07, 6.45) is 2.47. The minimum Gasteiger partial charge on any atom is -0.338 e. The molecule has 0 aliphatic carbocycles. The number of anilines is 1. The molecule has 1 fully saturated rings. The van der Waals surface area contributed by atoms with Gasteiger partial charge in [0.05, 0.1) is 11.6 Å². The molecule has 1 saturated heterocycles. The number of aromatic nitrogens is 1. The van der Waals surface area contributed by atoms with Gasteiger partial charge in [-0.15, -0.1) is 11.3 Å². The molecule has 2 aromatic carbocycles. The van der Waals surface area contributed by atoms with E-state index in [2.05, 4.69) is 34.5 Å². The van der Waals surface area contributed by atoms with Crippen LogP contribution in [0.1, 0.15) is 39.3 Å². The molecule has 34 heavy (non-hydrogen) atoms. The molecule has 0 unspecified atom stereocenters. The lowest BCUT2D eigenvalue weighted by molar-refractivity contribution is -0.121. The molecule has 8 heteroatoms. The van der Waals surface area contributed by atoms with E-state index in [4.69, 9.17) is 16.6 Å². The second-order valence-corrected chi connectivity index (χ2v) is 10.4. The lowest BCUT2D eigenvalue weighted by Crippen LogP contribution is -2.43. The van der Waals surface area contributed by atoms with Gasteiger partial charge < -0.3 is 10.2 Å². The van der Waals surface area contributed by atoms with Gasteiger partial charge in [-0.25, -0.2) is 4.98 Å². The Labute approximate surface area is 208 Å². The second-order valence-electron chi connectivity index (χ2n) is 8.92. The number of hydrogen-bond acceptors (Lipinski definition) is 5. The molecule has 1 N–H and O–H groups in total. The third-order valence-electron chi connectivity index (χ3n) is 6.46. The number of halogens is 1. The van der Waals surface area contributed by atoms with Crippen LogP contribution in [-0.4, -0.2) is 46.2 Å². The van der Waals surface area contributed by atoms with Crippen molar-refractivity contribution in [2.75, 3.05) is 25.0 Å². The van der Waals surface area contributed by atoms with Crippen LogP contribution in [0, 0.1) is 5.92 Å². The van der Waals surface area contributed by atoms with E-state index in [9.17, 15) is 9.59 Å². The van der Waals surface area contributed by atoms with E-state index in [1.54, 1.807) is 40.5 Å². The van der Waals surface area contributed by atoms with Gasteiger partial charge in [-0.1, -0.05) is 41.9 Å². The Morgan fingerprint density at radius 3 is 2.68 bits per heavy atom. The van der Waals surface area contributed by atoms with Crippen LogP contribution in [0.4, 0.5) is 5.13 Å². The summed E-state index contributed by atoms with van der Waals surface area (Å²) in [6.45, 7) is 3.81. The molecule has 2 aliphatic rings. The van der Waals surface area contributed by atoms with Crippen LogP contribution in [0.15, 0.2) is 54.6 Å². The lowest BCUT2D eigenvalue weighted by atomic mass is 9.96. The number of piperidine rings is 1. The topological polar surface area (TPSA) is 65.5 Å². The van der Waals surface area contributed by atoms with Crippen LogP contribution >= 0.6 is 22.9 Å². The highest BCUT2D eigenvalue weighted by molar-refractivity contribution is 7.15. The molecule has 176 valence electrons. The number of benzene rings is 2. The maximum atomic E-state index is 13.0. The van der Waals surface area contributed by atoms with Gasteiger partial charge in [0.2, 0.25) is 5.91 Å². The molecule has 6 nitrogen and oxygen atoms in total. The van der Waals surface area contributed by atoms with Gasteiger partial charge in [0.25, 0.3) is 5.91 Å². The maximum Gasteiger partial charge on any atom is 0.253 e. The van der Waals surface area contributed by atoms with Crippen molar-refractivity contribution in [1.29, 1.82) is 0 Å². The molecule has 2 aliphatic heterocycles. The van der Waals surface area contributed by atoms with E-state index < -0.39 is 0 Å². The number of rotatable bonds is 5. The molecular weight excluding hydrogens is 468 g/mol. The molecule has 3 aromatic rings. The van der Waals surface area contributed by atoms with Crippen molar-refractivity contribution in [2.24, 2.45) is 5.92 Å². The van der Waals surface area contributed by atoms with Crippen molar-refractivity contribution in [2.45, 2.75) is 32.4 Å². The molecule has 0 saturated carbocycles. The fourth-order valence-electron chi connectivity index (χ4n) is 4.64. The Morgan fingerprint density at radius 1 is 1.09 bits per heavy atom. The summed E-state index contributed by atoms with van der Waals surface area (Å²) in [6, 6.07) is 17.4. The van der Waals surface area contributed by atoms with E-state index in [1.807, 2.05) is 6.07 Å². The van der Waals surface area contributed by atoms with Crippen LogP contribution in [-0.2, 0) is 24.3 Å². The molecule has 1 atom stereocenters. The summed E-state index contributed by atoms with van der Waals surface area (Å²) in [5, 5.41) is 4.30. The molecule has 5 rings (SSSR count). The highest BCUT2D eigenvalue weighted by atomic mass is 35.5. The summed E-state index contributed by atoms with van der Waals surface area (Å²) in [5.41, 5.74) is 2.99. The van der Waals surface area contributed by atoms with Crippen molar-refractivity contribution in [3.05, 3.63) is 81.3 Å². The first-order chi connectivity index (χ1) is 16.5. The van der Waals surface area contributed by atoms with Crippen molar-refractivity contribution >= 4 is 39.9 Å². The number of amides is 2. The fraction of sp³-hybridized carbons (Fsp3) is 0.346. The third-order valence-corrected chi connectivity index (χ3v) is 7.71. The predicted molar refractivity (Wildman–Crippen MR) is 135 cm³/mol. The summed E-state index contributed by atoms with van der Waals surface area (Å²) in [4.78, 5) is 36.0. The summed E-state index contributed by atoms with van der Waals surface area (Å²) in [5.74, 6) is -0.348. The van der Waals surface area contributed by atoms with E-state index >= 15 is 0 Å². The lowest BCUT2D eigenvalue weighted by Gasteiger charge is -2.32. The van der Waals surface area contributed by atoms with E-state index in [1.165, 1.54) is 10.4 Å². The summed E-state index contributed by atoms with van der Waals surface area (Å²) in [7, 11) is 0. The highest BCUT2D eigenvalue weighted by Crippen LogP contribution is 2.30. The first-order valence-electron chi connectivity index (χ1n) is 11.7. The first-order valence-corrected chi connectivity index (χ1v) is 12.8. The molecule has 3 heterocycles. The molecule has 0 bridgehead atoms. The van der Waals surface area contributed by atoms with E-state index in [0.717, 1.165) is 44.6 Å². The highest BCUT2D eigenvalue weighted by Gasteiger charge is 2.30. The maximum absolute atomic E-state index is 13.0. The number of fused-ring (bicyclic) bond motifs is 1. The van der Waals surface area contributed by atoms with Crippen LogP contribution in [0.3, 0.4) is 0 Å². The van der Waals surface area contributed by atoms with Crippen LogP contribution in [0.2, 0.25) is 5.02 Å². The number of nitrogens with one attached hydrogen (secondary N) is 1. The Morgan fingerprint density at radius 2 is 1.88 bits per heavy atom. The van der Waals surface area contributed by atoms with Gasteiger partial charge >= 0.3 is 0 Å². The van der Waals surface area contributed by atoms with Crippen molar-refractivity contribution in [3.8, 4) is 0 Å². The zero-order chi connectivity index (χ0) is 23.5. The predicted octanol–water partition coefficient (Wildman–Crippen LogP) is 4.85. The normalized spacial score (nSPS) is 18.4. The van der Waals surface area contributed by atoms with E-state index in [-0.39, 0.29) is 17.7 Å². The van der Waals surface area contributed by atoms with Gasteiger partial charge in [-0.05, 0) is 42.7 Å². The average Bonchev–Trinajstić information content (AvgIpc) is 3.26. The van der Waals surface area contributed by atoms with Gasteiger partial charge in [0.1, 0.15) is 0 Å². The molecule has 0 spiro atoms. The van der Waals surface area contributed by atoms with Gasteiger partial charge in [0.15, 0.2) is 5.13 Å². The minimum atomic E-state index is -0.236. The van der Waals surface area contributed by atoms with Crippen molar-refractivity contribution in [1.82, 2.24) is 14.8 Å². The average molecular weight is 495 g/mol. The zero-order valence-corrected chi connectivity index (χ0v) is 20.4. The summed E-state index contributed by atoms with van der Waals surface area (Å²) < 4.78 is 0. The van der Waals surface area contributed by atoms with Gasteiger partial charge in [0, 0.05) is 54.6 Å². The smallest absolute Gasteiger partial charge is 0.253 e. The van der Waals surface area contributed by atoms with Gasteiger partial charge in [-0.3, -0.25) is 14.5 Å². The molecule has 1 aromatic heterocycles. The van der Waals surface area contributed by atoms with Crippen LogP contribution < -0.4 is 5.32 Å². The number of hydrogen-bond donors (Lipinski definition) is 1. The number of carbonyl (C=O) groups excluding carboxylic acids is 2. The Hall–Kier alpha value is -2.74. The van der Waals surface area contributed by atoms with Crippen molar-refractivity contribution in [3.63, 3.8) is 0 Å². The standard InChI is InChI=1S/C26H27ClN4O2S/c27-21-10-8-19(9-11-21)25(33)31-13-4-7-20(16-31)24(32)29-26-28-22-12-14-30(17-23(22)34-26)15-18-5-2-1-3-6-18/h1-3,5-6,8-11,20H,4,7,12-17H2,(H,28,29,32)/t20-/m0/s1. The number of carbonyl (C=O) groups is 2. The monoisotopic (exact) mass is 494 g/mol. The third kappa shape index (κ3) is 5.32. The number of likely N-dealkylation sites (tertiary alicyclic amines) is 1. The Kier molecular flexibility index (Phi) is 6.94. The first kappa shape index (κ1) is 23.0. The Bertz CT molecular complexity index is 1170. The number of thiazole rings is 1. The van der Waals surface area contributed by atoms with Gasteiger partial charge in [-0.2, -0.15) is 0 Å². The largest absolute Gasteiger partial charge is 0.338 e. The molecular formula is C26H27ClN4O2S. The molecule has 2 amide bonds. The number of nitrogens with zero attached hydrogens (tertiary/aromatic N) is 3. The Balaban J connectivity index is 1.19. The summed E-state index contributed by atoms with van der Waals surface area (Å²) >= 11 is 7.51. The van der Waals surface area contributed by atoms with E-state index in [0.29, 0.717) is 28.8 Å². The SMILES string of the molecule is O=C(Nc1nc2c(s1)CN(Cc1ccccc1)CC2)[C@H]1CCCN(C(=O)c2ccc(Cl)cc2)C1. The second kappa shape index (κ2) is 10.3. The van der Waals surface area contributed by atoms with Crippen LogP contribution in [0.25, 0.3) is 0 Å². The fourth-order valence-corrected chi connectivity index (χ4v) is 5.82. The molecule has 0 radical (unpaired) electrons. The zero-order valence-electron chi connectivity index (χ0n) is 18.9. The quantitative estimate of drug-likeness (QED) is 0.551. The van der Waals surface area contributed by atoms with Crippen molar-refractivity contribution < 1.29 is 9.59 Å².